The van der Waals surface area contributed by atoms with Crippen LogP contribution in [0.5, 0.6) is 0 Å². The molecule has 1 aliphatic heterocycles. The van der Waals surface area contributed by atoms with Crippen molar-refractivity contribution in [1.29, 1.82) is 0 Å². The fraction of sp³-hybridized carbons (Fsp3) is 0.708. The molecule has 1 amide bonds. The maximum atomic E-state index is 13.3. The molecular weight excluding hydrogens is 364 g/mol. The Labute approximate surface area is 175 Å². The lowest BCUT2D eigenvalue weighted by molar-refractivity contribution is -0.128. The Morgan fingerprint density at radius 2 is 1.76 bits per heavy atom. The Morgan fingerprint density at radius 3 is 2.34 bits per heavy atom. The van der Waals surface area contributed by atoms with Gasteiger partial charge in [-0.25, -0.2) is 0 Å². The van der Waals surface area contributed by atoms with Crippen LogP contribution in [0.4, 0.5) is 0 Å². The molecule has 2 aliphatic rings. The second-order valence-corrected chi connectivity index (χ2v) is 9.75. The number of aliphatic hydroxyl groups excluding tert-OH is 1. The summed E-state index contributed by atoms with van der Waals surface area (Å²) < 4.78 is 5.36. The third kappa shape index (κ3) is 5.59. The summed E-state index contributed by atoms with van der Waals surface area (Å²) in [5, 5.41) is 13.5. The number of amides is 1. The molecule has 1 saturated heterocycles. The number of carbonyl (C=O) groups is 1. The van der Waals surface area contributed by atoms with Gasteiger partial charge in [-0.1, -0.05) is 64.3 Å². The molecule has 1 aromatic rings. The van der Waals surface area contributed by atoms with Gasteiger partial charge in [0, 0.05) is 26.2 Å². The molecule has 1 saturated carbocycles. The van der Waals surface area contributed by atoms with Crippen LogP contribution in [0.15, 0.2) is 24.3 Å². The normalized spacial score (nSPS) is 21.5. The van der Waals surface area contributed by atoms with Crippen LogP contribution in [0.1, 0.15) is 64.0 Å². The van der Waals surface area contributed by atoms with Crippen molar-refractivity contribution >= 4 is 5.91 Å². The van der Waals surface area contributed by atoms with Gasteiger partial charge in [0.05, 0.1) is 24.7 Å². The van der Waals surface area contributed by atoms with E-state index in [1.807, 2.05) is 0 Å². The number of β-amino-alcohol motifs (C(OH)–C–C–N with tert-alkyl or cyclic N) is 1. The Kier molecular flexibility index (Phi) is 7.36. The topological polar surface area (TPSA) is 61.8 Å². The number of nitrogens with zero attached hydrogens (tertiary/aromatic N) is 1. The Balaban J connectivity index is 1.66. The van der Waals surface area contributed by atoms with Crippen molar-refractivity contribution in [3.8, 4) is 0 Å². The number of carbonyl (C=O) groups excluding carboxylic acids is 1. The first-order valence-corrected chi connectivity index (χ1v) is 11.2. The summed E-state index contributed by atoms with van der Waals surface area (Å²) in [6.07, 6.45) is 4.55. The lowest BCUT2D eigenvalue weighted by atomic mass is 9.68. The van der Waals surface area contributed by atoms with Crippen molar-refractivity contribution in [3.05, 3.63) is 35.4 Å². The van der Waals surface area contributed by atoms with E-state index in [0.717, 1.165) is 44.3 Å². The van der Waals surface area contributed by atoms with Gasteiger partial charge in [0.2, 0.25) is 5.91 Å². The quantitative estimate of drug-likeness (QED) is 0.768. The number of aliphatic hydroxyl groups is 1. The molecule has 1 aliphatic carbocycles. The molecule has 0 spiro atoms. The largest absolute Gasteiger partial charge is 0.390 e. The van der Waals surface area contributed by atoms with Crippen molar-refractivity contribution in [2.75, 3.05) is 39.4 Å². The lowest BCUT2D eigenvalue weighted by Crippen LogP contribution is -2.50. The van der Waals surface area contributed by atoms with Gasteiger partial charge in [-0.2, -0.15) is 0 Å². The standard InChI is InChI=1S/C24H38N2O3/c1-23(2,3)19-7-9-20(10-8-19)24(11-5-4-6-12-24)22(28)25-17-21(27)18-26-13-15-29-16-14-26/h7-10,21,27H,4-6,11-18H2,1-3H3,(H,25,28). The van der Waals surface area contributed by atoms with E-state index < -0.39 is 11.5 Å². The molecular formula is C24H38N2O3. The average molecular weight is 403 g/mol. The van der Waals surface area contributed by atoms with Crippen LogP contribution >= 0.6 is 0 Å². The minimum Gasteiger partial charge on any atom is -0.390 e. The van der Waals surface area contributed by atoms with Gasteiger partial charge in [0.1, 0.15) is 0 Å². The molecule has 2 fully saturated rings. The van der Waals surface area contributed by atoms with Crippen molar-refractivity contribution in [2.45, 2.75) is 69.8 Å². The SMILES string of the molecule is CC(C)(C)c1ccc(C2(C(=O)NCC(O)CN3CCOCC3)CCCCC2)cc1. The minimum atomic E-state index is -0.555. The number of morpholine rings is 1. The lowest BCUT2D eigenvalue weighted by Gasteiger charge is -2.37. The molecule has 0 bridgehead atoms. The average Bonchev–Trinajstić information content (AvgIpc) is 2.72. The first-order chi connectivity index (χ1) is 13.8. The highest BCUT2D eigenvalue weighted by molar-refractivity contribution is 5.88. The van der Waals surface area contributed by atoms with E-state index in [9.17, 15) is 9.90 Å². The van der Waals surface area contributed by atoms with Crippen molar-refractivity contribution < 1.29 is 14.6 Å². The second kappa shape index (κ2) is 9.59. The van der Waals surface area contributed by atoms with Crippen molar-refractivity contribution in [2.24, 2.45) is 0 Å². The summed E-state index contributed by atoms with van der Waals surface area (Å²) in [5.74, 6) is 0.0711. The third-order valence-electron chi connectivity index (χ3n) is 6.52. The zero-order valence-corrected chi connectivity index (χ0v) is 18.4. The van der Waals surface area contributed by atoms with E-state index in [-0.39, 0.29) is 11.3 Å². The summed E-state index contributed by atoms with van der Waals surface area (Å²) in [4.78, 5) is 15.5. The molecule has 0 aromatic heterocycles. The second-order valence-electron chi connectivity index (χ2n) is 9.75. The molecule has 1 unspecified atom stereocenters. The summed E-state index contributed by atoms with van der Waals surface area (Å²) in [5.41, 5.74) is 2.04. The number of hydrogen-bond acceptors (Lipinski definition) is 4. The number of hydrogen-bond donors (Lipinski definition) is 2. The van der Waals surface area contributed by atoms with Gasteiger partial charge in [0.25, 0.3) is 0 Å². The van der Waals surface area contributed by atoms with Crippen LogP contribution in [0.2, 0.25) is 0 Å². The monoisotopic (exact) mass is 402 g/mol. The van der Waals surface area contributed by atoms with Gasteiger partial charge in [-0.15, -0.1) is 0 Å². The van der Waals surface area contributed by atoms with Crippen LogP contribution in [0.3, 0.4) is 0 Å². The van der Waals surface area contributed by atoms with E-state index in [4.69, 9.17) is 4.74 Å². The maximum Gasteiger partial charge on any atom is 0.230 e. The molecule has 5 heteroatoms. The molecule has 1 atom stereocenters. The van der Waals surface area contributed by atoms with Gasteiger partial charge in [-0.3, -0.25) is 9.69 Å². The number of rotatable bonds is 6. The maximum absolute atomic E-state index is 13.3. The minimum absolute atomic E-state index is 0.0711. The van der Waals surface area contributed by atoms with E-state index >= 15 is 0 Å². The van der Waals surface area contributed by atoms with E-state index in [1.165, 1.54) is 12.0 Å². The zero-order valence-electron chi connectivity index (χ0n) is 18.4. The third-order valence-corrected chi connectivity index (χ3v) is 6.52. The van der Waals surface area contributed by atoms with Gasteiger partial charge >= 0.3 is 0 Å². The Morgan fingerprint density at radius 1 is 1.14 bits per heavy atom. The number of ether oxygens (including phenoxy) is 1. The molecule has 0 radical (unpaired) electrons. The summed E-state index contributed by atoms with van der Waals surface area (Å²) in [7, 11) is 0. The van der Waals surface area contributed by atoms with Crippen LogP contribution in [0, 0.1) is 0 Å². The van der Waals surface area contributed by atoms with E-state index in [2.05, 4.69) is 55.3 Å². The highest BCUT2D eigenvalue weighted by Gasteiger charge is 2.41. The van der Waals surface area contributed by atoms with Crippen LogP contribution in [-0.2, 0) is 20.4 Å². The molecule has 3 rings (SSSR count). The summed E-state index contributed by atoms with van der Waals surface area (Å²) in [6.45, 7) is 10.6. The molecule has 1 heterocycles. The Bertz CT molecular complexity index is 654. The molecule has 29 heavy (non-hydrogen) atoms. The first kappa shape index (κ1) is 22.3. The number of benzene rings is 1. The van der Waals surface area contributed by atoms with Crippen molar-refractivity contribution in [1.82, 2.24) is 10.2 Å². The van der Waals surface area contributed by atoms with Gasteiger partial charge in [-0.05, 0) is 29.4 Å². The first-order valence-electron chi connectivity index (χ1n) is 11.2. The van der Waals surface area contributed by atoms with Crippen LogP contribution in [0.25, 0.3) is 0 Å². The van der Waals surface area contributed by atoms with Gasteiger partial charge in [0.15, 0.2) is 0 Å². The zero-order chi connectivity index (χ0) is 20.9. The summed E-state index contributed by atoms with van der Waals surface area (Å²) in [6, 6.07) is 8.64. The molecule has 2 N–H and O–H groups in total. The van der Waals surface area contributed by atoms with Gasteiger partial charge < -0.3 is 15.2 Å². The fourth-order valence-electron chi connectivity index (χ4n) is 4.62. The predicted octanol–water partition coefficient (Wildman–Crippen LogP) is 3.00. The molecule has 5 nitrogen and oxygen atoms in total. The van der Waals surface area contributed by atoms with E-state index in [1.54, 1.807) is 0 Å². The molecule has 162 valence electrons. The van der Waals surface area contributed by atoms with Crippen LogP contribution < -0.4 is 5.32 Å². The Hall–Kier alpha value is -1.43. The highest BCUT2D eigenvalue weighted by Crippen LogP contribution is 2.40. The highest BCUT2D eigenvalue weighted by atomic mass is 16.5. The smallest absolute Gasteiger partial charge is 0.230 e. The predicted molar refractivity (Wildman–Crippen MR) is 116 cm³/mol. The van der Waals surface area contributed by atoms with Crippen molar-refractivity contribution in [3.63, 3.8) is 0 Å². The summed E-state index contributed by atoms with van der Waals surface area (Å²) >= 11 is 0. The van der Waals surface area contributed by atoms with Crippen LogP contribution in [-0.4, -0.2) is 61.4 Å². The van der Waals surface area contributed by atoms with E-state index in [0.29, 0.717) is 26.3 Å². The number of nitrogens with one attached hydrogen (secondary N) is 1. The molecule has 1 aromatic carbocycles. The fourth-order valence-corrected chi connectivity index (χ4v) is 4.62.